The van der Waals surface area contributed by atoms with Gasteiger partial charge in [-0.3, -0.25) is 9.69 Å². The Morgan fingerprint density at radius 2 is 1.92 bits per heavy atom. The summed E-state index contributed by atoms with van der Waals surface area (Å²) in [7, 11) is 0. The maximum Gasteiger partial charge on any atom is 0.287 e. The van der Waals surface area contributed by atoms with Gasteiger partial charge in [-0.1, -0.05) is 18.2 Å². The lowest BCUT2D eigenvalue weighted by atomic mass is 10.2. The minimum Gasteiger partial charge on any atom is -0.455 e. The van der Waals surface area contributed by atoms with Gasteiger partial charge in [-0.25, -0.2) is 0 Å². The molecule has 0 atom stereocenters. The maximum atomic E-state index is 12.3. The van der Waals surface area contributed by atoms with E-state index >= 15 is 0 Å². The third-order valence-electron chi connectivity index (χ3n) is 5.11. The highest BCUT2D eigenvalue weighted by Gasteiger charge is 2.19. The molecule has 5 heteroatoms. The average molecular weight is 339 g/mol. The fraction of sp³-hybridized carbons (Fsp3) is 0.450. The first-order valence-electron chi connectivity index (χ1n) is 9.22. The van der Waals surface area contributed by atoms with Crippen LogP contribution in [0.25, 0.3) is 0 Å². The summed E-state index contributed by atoms with van der Waals surface area (Å²) in [5.74, 6) is 1.16. The van der Waals surface area contributed by atoms with Crippen LogP contribution in [0.4, 0.5) is 5.69 Å². The lowest BCUT2D eigenvalue weighted by Gasteiger charge is -2.19. The van der Waals surface area contributed by atoms with Crippen LogP contribution < -0.4 is 10.2 Å². The van der Waals surface area contributed by atoms with Gasteiger partial charge in [0.2, 0.25) is 0 Å². The van der Waals surface area contributed by atoms with E-state index in [-0.39, 0.29) is 5.91 Å². The number of likely N-dealkylation sites (tertiary alicyclic amines) is 1. The molecule has 0 bridgehead atoms. The number of hydrogen-bond donors (Lipinski definition) is 1. The van der Waals surface area contributed by atoms with Crippen LogP contribution in [0.3, 0.4) is 0 Å². The lowest BCUT2D eigenvalue weighted by Crippen LogP contribution is -2.34. The van der Waals surface area contributed by atoms with Crippen molar-refractivity contribution in [2.24, 2.45) is 0 Å². The first kappa shape index (κ1) is 16.2. The summed E-state index contributed by atoms with van der Waals surface area (Å²) in [6.07, 6.45) is 3.60. The molecule has 0 aliphatic carbocycles. The molecule has 4 rings (SSSR count). The summed E-state index contributed by atoms with van der Waals surface area (Å²) in [6, 6.07) is 12.2. The summed E-state index contributed by atoms with van der Waals surface area (Å²) in [4.78, 5) is 17.0. The van der Waals surface area contributed by atoms with Crippen LogP contribution in [0.5, 0.6) is 0 Å². The van der Waals surface area contributed by atoms with Crippen molar-refractivity contribution in [3.05, 3.63) is 53.5 Å². The molecule has 25 heavy (non-hydrogen) atoms. The Kier molecular flexibility index (Phi) is 4.74. The Morgan fingerprint density at radius 1 is 1.08 bits per heavy atom. The van der Waals surface area contributed by atoms with E-state index in [1.165, 1.54) is 24.1 Å². The van der Waals surface area contributed by atoms with E-state index in [9.17, 15) is 4.79 Å². The zero-order valence-corrected chi connectivity index (χ0v) is 14.5. The largest absolute Gasteiger partial charge is 0.455 e. The number of hydrogen-bond acceptors (Lipinski definition) is 4. The molecule has 2 aliphatic rings. The Labute approximate surface area is 148 Å². The van der Waals surface area contributed by atoms with Crippen LogP contribution in [-0.4, -0.2) is 43.5 Å². The predicted molar refractivity (Wildman–Crippen MR) is 97.9 cm³/mol. The number of nitrogens with zero attached hydrogens (tertiary/aromatic N) is 2. The zero-order valence-electron chi connectivity index (χ0n) is 14.5. The highest BCUT2D eigenvalue weighted by Crippen LogP contribution is 2.26. The molecule has 2 aliphatic heterocycles. The average Bonchev–Trinajstić information content (AvgIpc) is 3.37. The third kappa shape index (κ3) is 3.71. The number of carbonyl (C=O) groups is 1. The van der Waals surface area contributed by atoms with Crippen LogP contribution in [0.1, 0.15) is 34.7 Å². The van der Waals surface area contributed by atoms with Crippen molar-refractivity contribution in [2.75, 3.05) is 37.6 Å². The zero-order chi connectivity index (χ0) is 17.1. The minimum absolute atomic E-state index is 0.125. The molecular weight excluding hydrogens is 314 g/mol. The molecule has 0 radical (unpaired) electrons. The Hall–Kier alpha value is -2.27. The molecule has 1 amide bonds. The number of furan rings is 1. The van der Waals surface area contributed by atoms with Crippen molar-refractivity contribution >= 4 is 11.6 Å². The van der Waals surface area contributed by atoms with Crippen molar-refractivity contribution in [1.29, 1.82) is 0 Å². The maximum absolute atomic E-state index is 12.3. The quantitative estimate of drug-likeness (QED) is 0.879. The third-order valence-corrected chi connectivity index (χ3v) is 5.11. The monoisotopic (exact) mass is 339 g/mol. The predicted octanol–water partition coefficient (Wildman–Crippen LogP) is 2.67. The summed E-state index contributed by atoms with van der Waals surface area (Å²) in [5, 5.41) is 2.98. The molecule has 0 spiro atoms. The van der Waals surface area contributed by atoms with Crippen molar-refractivity contribution in [3.63, 3.8) is 0 Å². The molecule has 1 N–H and O–H groups in total. The number of nitrogens with one attached hydrogen (secondary N) is 1. The van der Waals surface area contributed by atoms with Gasteiger partial charge in [0, 0.05) is 25.3 Å². The van der Waals surface area contributed by atoms with Gasteiger partial charge in [0.1, 0.15) is 5.76 Å². The van der Waals surface area contributed by atoms with Gasteiger partial charge in [0.05, 0.1) is 6.54 Å². The SMILES string of the molecule is O=C(NCCN1CCc2ccccc21)c1ccc(CN2CCCC2)o1. The summed E-state index contributed by atoms with van der Waals surface area (Å²) in [6.45, 7) is 5.52. The Balaban J connectivity index is 1.26. The first-order valence-corrected chi connectivity index (χ1v) is 9.22. The van der Waals surface area contributed by atoms with E-state index < -0.39 is 0 Å². The molecule has 1 aromatic carbocycles. The molecule has 3 heterocycles. The summed E-state index contributed by atoms with van der Waals surface area (Å²) >= 11 is 0. The van der Waals surface area contributed by atoms with Crippen molar-refractivity contribution < 1.29 is 9.21 Å². The highest BCUT2D eigenvalue weighted by atomic mass is 16.4. The van der Waals surface area contributed by atoms with Gasteiger partial charge in [0.15, 0.2) is 5.76 Å². The lowest BCUT2D eigenvalue weighted by molar-refractivity contribution is 0.0923. The van der Waals surface area contributed by atoms with Crippen LogP contribution in [-0.2, 0) is 13.0 Å². The van der Waals surface area contributed by atoms with Crippen molar-refractivity contribution in [2.45, 2.75) is 25.8 Å². The molecule has 5 nitrogen and oxygen atoms in total. The summed E-state index contributed by atoms with van der Waals surface area (Å²) in [5.41, 5.74) is 2.69. The van der Waals surface area contributed by atoms with Crippen molar-refractivity contribution in [1.82, 2.24) is 10.2 Å². The molecule has 0 unspecified atom stereocenters. The van der Waals surface area contributed by atoms with Crippen LogP contribution in [0, 0.1) is 0 Å². The smallest absolute Gasteiger partial charge is 0.287 e. The van der Waals surface area contributed by atoms with Gasteiger partial charge in [-0.15, -0.1) is 0 Å². The second-order valence-corrected chi connectivity index (χ2v) is 6.87. The number of rotatable bonds is 6. The molecule has 1 fully saturated rings. The van der Waals surface area contributed by atoms with E-state index in [0.29, 0.717) is 12.3 Å². The van der Waals surface area contributed by atoms with Crippen LogP contribution in [0.2, 0.25) is 0 Å². The number of carbonyl (C=O) groups excluding carboxylic acids is 1. The Bertz CT molecular complexity index is 734. The standard InChI is InChI=1S/C20H25N3O2/c24-20(19-8-7-17(25-19)15-22-11-3-4-12-22)21-10-14-23-13-9-16-5-1-2-6-18(16)23/h1-2,5-8H,3-4,9-15H2,(H,21,24). The fourth-order valence-electron chi connectivity index (χ4n) is 3.78. The number of benzene rings is 1. The minimum atomic E-state index is -0.125. The van der Waals surface area contributed by atoms with Crippen molar-refractivity contribution in [3.8, 4) is 0 Å². The number of amides is 1. The van der Waals surface area contributed by atoms with E-state index in [2.05, 4.69) is 39.4 Å². The second kappa shape index (κ2) is 7.31. The summed E-state index contributed by atoms with van der Waals surface area (Å²) < 4.78 is 5.72. The van der Waals surface area contributed by atoms with E-state index in [0.717, 1.165) is 44.9 Å². The molecule has 0 saturated carbocycles. The highest BCUT2D eigenvalue weighted by molar-refractivity contribution is 5.91. The normalized spacial score (nSPS) is 17.0. The molecule has 132 valence electrons. The van der Waals surface area contributed by atoms with Gasteiger partial charge in [0.25, 0.3) is 5.91 Å². The van der Waals surface area contributed by atoms with Gasteiger partial charge >= 0.3 is 0 Å². The van der Waals surface area contributed by atoms with Gasteiger partial charge < -0.3 is 14.6 Å². The topological polar surface area (TPSA) is 48.7 Å². The molecular formula is C20H25N3O2. The van der Waals surface area contributed by atoms with Gasteiger partial charge in [-0.2, -0.15) is 0 Å². The van der Waals surface area contributed by atoms with Crippen LogP contribution in [0.15, 0.2) is 40.8 Å². The fourth-order valence-corrected chi connectivity index (χ4v) is 3.78. The number of para-hydroxylation sites is 1. The molecule has 1 saturated heterocycles. The van der Waals surface area contributed by atoms with E-state index in [1.54, 1.807) is 6.07 Å². The molecule has 2 aromatic rings. The second-order valence-electron chi connectivity index (χ2n) is 6.87. The number of fused-ring (bicyclic) bond motifs is 1. The Morgan fingerprint density at radius 3 is 2.80 bits per heavy atom. The first-order chi connectivity index (χ1) is 12.3. The number of anilines is 1. The van der Waals surface area contributed by atoms with E-state index in [4.69, 9.17) is 4.42 Å². The molecule has 1 aromatic heterocycles. The van der Waals surface area contributed by atoms with E-state index in [1.807, 2.05) is 6.07 Å². The van der Waals surface area contributed by atoms with Gasteiger partial charge in [-0.05, 0) is 56.1 Å². The van der Waals surface area contributed by atoms with Crippen LogP contribution >= 0.6 is 0 Å².